The summed E-state index contributed by atoms with van der Waals surface area (Å²) in [6.45, 7) is 5.99. The van der Waals surface area contributed by atoms with Gasteiger partial charge in [-0.1, -0.05) is 12.1 Å². The van der Waals surface area contributed by atoms with Crippen LogP contribution in [0, 0.1) is 5.92 Å². The predicted octanol–water partition coefficient (Wildman–Crippen LogP) is 2.87. The molecule has 1 unspecified atom stereocenters. The number of nitrogens with zero attached hydrogens (tertiary/aromatic N) is 3. The lowest BCUT2D eigenvalue weighted by atomic mass is 9.95. The van der Waals surface area contributed by atoms with Crippen molar-refractivity contribution in [3.8, 4) is 0 Å². The molecule has 1 aromatic carbocycles. The van der Waals surface area contributed by atoms with Crippen molar-refractivity contribution in [1.82, 2.24) is 10.2 Å². The summed E-state index contributed by atoms with van der Waals surface area (Å²) in [5.41, 5.74) is 7.47. The average molecular weight is 527 g/mol. The van der Waals surface area contributed by atoms with E-state index in [9.17, 15) is 9.59 Å². The molecule has 0 radical (unpaired) electrons. The number of rotatable bonds is 6. The number of aliphatic imine (C=N–C) groups is 1. The minimum absolute atomic E-state index is 0. The van der Waals surface area contributed by atoms with Gasteiger partial charge in [-0.25, -0.2) is 4.99 Å². The molecule has 0 saturated carbocycles. The first-order valence-corrected chi connectivity index (χ1v) is 10.8. The Morgan fingerprint density at radius 2 is 1.97 bits per heavy atom. The summed E-state index contributed by atoms with van der Waals surface area (Å²) in [7, 11) is 0. The van der Waals surface area contributed by atoms with Crippen LogP contribution in [0.5, 0.6) is 0 Å². The zero-order valence-corrected chi connectivity index (χ0v) is 20.1. The van der Waals surface area contributed by atoms with E-state index in [-0.39, 0.29) is 35.8 Å². The van der Waals surface area contributed by atoms with Gasteiger partial charge in [-0.05, 0) is 56.2 Å². The summed E-state index contributed by atoms with van der Waals surface area (Å²) in [6.07, 6.45) is 5.22. The fourth-order valence-electron chi connectivity index (χ4n) is 4.16. The first-order chi connectivity index (χ1) is 14.1. The number of halogens is 1. The summed E-state index contributed by atoms with van der Waals surface area (Å²) in [5.74, 6) is 1.17. The van der Waals surface area contributed by atoms with E-state index < -0.39 is 0 Å². The molecule has 1 aromatic rings. The number of anilines is 1. The van der Waals surface area contributed by atoms with E-state index in [0.29, 0.717) is 25.3 Å². The van der Waals surface area contributed by atoms with E-state index in [4.69, 9.17) is 10.7 Å². The molecule has 3 N–H and O–H groups in total. The average Bonchev–Trinajstić information content (AvgIpc) is 2.72. The van der Waals surface area contributed by atoms with Gasteiger partial charge in [0.2, 0.25) is 11.8 Å². The normalized spacial score (nSPS) is 20.0. The van der Waals surface area contributed by atoms with Crippen molar-refractivity contribution in [3.63, 3.8) is 0 Å². The Labute approximate surface area is 196 Å². The molecule has 2 aliphatic rings. The quantitative estimate of drug-likeness (QED) is 0.338. The number of nitrogens with two attached hydrogens (primary N) is 1. The molecular weight excluding hydrogens is 493 g/mol. The van der Waals surface area contributed by atoms with Crippen LogP contribution in [0.2, 0.25) is 0 Å². The topological polar surface area (TPSA) is 91.0 Å². The van der Waals surface area contributed by atoms with Gasteiger partial charge in [0.25, 0.3) is 0 Å². The maximum Gasteiger partial charge on any atom is 0.226 e. The van der Waals surface area contributed by atoms with Crippen LogP contribution in [0.1, 0.15) is 51.0 Å². The Bertz CT molecular complexity index is 738. The van der Waals surface area contributed by atoms with Gasteiger partial charge in [-0.2, -0.15) is 0 Å². The van der Waals surface area contributed by atoms with E-state index in [1.807, 2.05) is 17.0 Å². The fourth-order valence-corrected chi connectivity index (χ4v) is 4.16. The van der Waals surface area contributed by atoms with E-state index in [1.54, 1.807) is 0 Å². The van der Waals surface area contributed by atoms with Gasteiger partial charge < -0.3 is 20.9 Å². The molecule has 2 saturated heterocycles. The van der Waals surface area contributed by atoms with Crippen LogP contribution in [0.3, 0.4) is 0 Å². The minimum Gasteiger partial charge on any atom is -0.370 e. The molecule has 2 heterocycles. The zero-order valence-electron chi connectivity index (χ0n) is 17.8. The van der Waals surface area contributed by atoms with Crippen LogP contribution in [0.15, 0.2) is 29.3 Å². The molecule has 8 heteroatoms. The second-order valence-corrected chi connectivity index (χ2v) is 7.96. The third-order valence-corrected chi connectivity index (χ3v) is 5.63. The number of primary amides is 1. The Balaban J connectivity index is 0.00000320. The molecule has 166 valence electrons. The zero-order chi connectivity index (χ0) is 20.6. The third kappa shape index (κ3) is 6.85. The number of carbonyl (C=O) groups is 2. The van der Waals surface area contributed by atoms with Crippen molar-refractivity contribution >= 4 is 47.4 Å². The molecule has 3 rings (SSSR count). The van der Waals surface area contributed by atoms with E-state index in [2.05, 4.69) is 29.3 Å². The highest BCUT2D eigenvalue weighted by Gasteiger charge is 2.23. The standard InChI is InChI=1S/C22H33N5O2.HI/c1-2-24-22(26-12-5-6-18(16-26)14-20(23)28)25-15-17-8-10-19(11-9-17)27-13-4-3-7-21(27)29;/h8-11,18H,2-7,12-16H2,1H3,(H2,23,28)(H,24,25);1H. The maximum absolute atomic E-state index is 12.1. The second kappa shape index (κ2) is 12.1. The molecule has 0 spiro atoms. The molecule has 1 atom stereocenters. The Hall–Kier alpha value is -1.84. The summed E-state index contributed by atoms with van der Waals surface area (Å²) < 4.78 is 0. The summed E-state index contributed by atoms with van der Waals surface area (Å²) in [4.78, 5) is 32.3. The van der Waals surface area contributed by atoms with Gasteiger partial charge in [0.1, 0.15) is 0 Å². The van der Waals surface area contributed by atoms with E-state index in [1.165, 1.54) is 0 Å². The summed E-state index contributed by atoms with van der Waals surface area (Å²) >= 11 is 0. The number of likely N-dealkylation sites (tertiary alicyclic amines) is 1. The van der Waals surface area contributed by atoms with Crippen molar-refractivity contribution in [1.29, 1.82) is 0 Å². The number of hydrogen-bond donors (Lipinski definition) is 2. The molecule has 2 fully saturated rings. The number of carbonyl (C=O) groups excluding carboxylic acids is 2. The Morgan fingerprint density at radius 3 is 2.63 bits per heavy atom. The van der Waals surface area contributed by atoms with Crippen LogP contribution in [0.25, 0.3) is 0 Å². The Kier molecular flexibility index (Phi) is 9.87. The lowest BCUT2D eigenvalue weighted by Crippen LogP contribution is -2.47. The van der Waals surface area contributed by atoms with Gasteiger partial charge in [-0.15, -0.1) is 24.0 Å². The van der Waals surface area contributed by atoms with Crippen LogP contribution in [-0.4, -0.2) is 48.9 Å². The number of amides is 2. The Morgan fingerprint density at radius 1 is 1.20 bits per heavy atom. The molecular formula is C22H34IN5O2. The van der Waals surface area contributed by atoms with Crippen LogP contribution in [-0.2, 0) is 16.1 Å². The molecule has 2 amide bonds. The number of piperidine rings is 2. The number of hydrogen-bond acceptors (Lipinski definition) is 3. The van der Waals surface area contributed by atoms with Gasteiger partial charge in [0, 0.05) is 44.7 Å². The first-order valence-electron chi connectivity index (χ1n) is 10.8. The SMILES string of the molecule is CCNC(=NCc1ccc(N2CCCCC2=O)cc1)N1CCCC(CC(N)=O)C1.I. The van der Waals surface area contributed by atoms with Crippen LogP contribution < -0.4 is 16.0 Å². The monoisotopic (exact) mass is 527 g/mol. The molecule has 0 bridgehead atoms. The molecule has 30 heavy (non-hydrogen) atoms. The predicted molar refractivity (Wildman–Crippen MR) is 131 cm³/mol. The van der Waals surface area contributed by atoms with Gasteiger partial charge >= 0.3 is 0 Å². The van der Waals surface area contributed by atoms with Gasteiger partial charge in [0.15, 0.2) is 5.96 Å². The van der Waals surface area contributed by atoms with Crippen molar-refractivity contribution in [2.45, 2.75) is 52.0 Å². The smallest absolute Gasteiger partial charge is 0.226 e. The highest BCUT2D eigenvalue weighted by atomic mass is 127. The van der Waals surface area contributed by atoms with Crippen molar-refractivity contribution in [2.75, 3.05) is 31.1 Å². The second-order valence-electron chi connectivity index (χ2n) is 7.96. The largest absolute Gasteiger partial charge is 0.370 e. The van der Waals surface area contributed by atoms with Crippen LogP contribution >= 0.6 is 24.0 Å². The number of benzene rings is 1. The third-order valence-electron chi connectivity index (χ3n) is 5.63. The van der Waals surface area contributed by atoms with E-state index >= 15 is 0 Å². The summed E-state index contributed by atoms with van der Waals surface area (Å²) in [5, 5.41) is 3.37. The fraction of sp³-hybridized carbons (Fsp3) is 0.591. The van der Waals surface area contributed by atoms with Gasteiger partial charge in [0.05, 0.1) is 6.54 Å². The summed E-state index contributed by atoms with van der Waals surface area (Å²) in [6, 6.07) is 8.14. The number of guanidine groups is 1. The van der Waals surface area contributed by atoms with E-state index in [0.717, 1.165) is 69.1 Å². The maximum atomic E-state index is 12.1. The molecule has 0 aliphatic carbocycles. The van der Waals surface area contributed by atoms with Crippen molar-refractivity contribution < 1.29 is 9.59 Å². The highest BCUT2D eigenvalue weighted by molar-refractivity contribution is 14.0. The molecule has 0 aromatic heterocycles. The molecule has 7 nitrogen and oxygen atoms in total. The highest BCUT2D eigenvalue weighted by Crippen LogP contribution is 2.22. The number of nitrogens with one attached hydrogen (secondary N) is 1. The first kappa shape index (κ1) is 24.4. The minimum atomic E-state index is -0.230. The van der Waals surface area contributed by atoms with Gasteiger partial charge in [-0.3, -0.25) is 9.59 Å². The van der Waals surface area contributed by atoms with Crippen molar-refractivity contribution in [2.24, 2.45) is 16.6 Å². The van der Waals surface area contributed by atoms with Crippen molar-refractivity contribution in [3.05, 3.63) is 29.8 Å². The van der Waals surface area contributed by atoms with Crippen LogP contribution in [0.4, 0.5) is 5.69 Å². The molecule has 2 aliphatic heterocycles. The lowest BCUT2D eigenvalue weighted by molar-refractivity contribution is -0.120. The lowest BCUT2D eigenvalue weighted by Gasteiger charge is -2.34.